The van der Waals surface area contributed by atoms with Crippen LogP contribution in [0.25, 0.3) is 0 Å². The molecule has 26 heavy (non-hydrogen) atoms. The van der Waals surface area contributed by atoms with Crippen LogP contribution in [-0.2, 0) is 20.5 Å². The molecule has 6 nitrogen and oxygen atoms in total. The zero-order valence-electron chi connectivity index (χ0n) is 14.4. The average Bonchev–Trinajstić information content (AvgIpc) is 2.97. The SMILES string of the molecule is CC(C)(C(=O)O)n1cc(NC(=O)C2(c3ccc(F)cc3F)CCC2)cn1. The van der Waals surface area contributed by atoms with E-state index in [-0.39, 0.29) is 5.56 Å². The fourth-order valence-electron chi connectivity index (χ4n) is 3.07. The van der Waals surface area contributed by atoms with Gasteiger partial charge in [0.05, 0.1) is 17.3 Å². The highest BCUT2D eigenvalue weighted by Gasteiger charge is 2.47. The minimum atomic E-state index is -1.28. The molecule has 2 aromatic rings. The van der Waals surface area contributed by atoms with Crippen LogP contribution in [0.15, 0.2) is 30.6 Å². The zero-order valence-corrected chi connectivity index (χ0v) is 14.4. The van der Waals surface area contributed by atoms with E-state index in [0.717, 1.165) is 18.6 Å². The van der Waals surface area contributed by atoms with Crippen molar-refractivity contribution in [2.24, 2.45) is 0 Å². The van der Waals surface area contributed by atoms with Gasteiger partial charge >= 0.3 is 5.97 Å². The summed E-state index contributed by atoms with van der Waals surface area (Å²) in [6.45, 7) is 2.96. The number of carboxylic acids is 1. The summed E-state index contributed by atoms with van der Waals surface area (Å²) in [5.74, 6) is -2.93. The number of carbonyl (C=O) groups excluding carboxylic acids is 1. The number of anilines is 1. The highest BCUT2D eigenvalue weighted by Crippen LogP contribution is 2.45. The third kappa shape index (κ3) is 2.85. The monoisotopic (exact) mass is 363 g/mol. The molecule has 0 aliphatic heterocycles. The van der Waals surface area contributed by atoms with Gasteiger partial charge in [-0.2, -0.15) is 5.10 Å². The van der Waals surface area contributed by atoms with Crippen LogP contribution < -0.4 is 5.32 Å². The number of nitrogens with one attached hydrogen (secondary N) is 1. The zero-order chi connectivity index (χ0) is 19.1. The Hall–Kier alpha value is -2.77. The molecule has 138 valence electrons. The Morgan fingerprint density at radius 2 is 2.00 bits per heavy atom. The lowest BCUT2D eigenvalue weighted by Gasteiger charge is -2.40. The highest BCUT2D eigenvalue weighted by molar-refractivity contribution is 5.99. The first kappa shape index (κ1) is 18.0. The fraction of sp³-hybridized carbons (Fsp3) is 0.389. The number of benzene rings is 1. The summed E-state index contributed by atoms with van der Waals surface area (Å²) in [5, 5.41) is 15.9. The number of aromatic nitrogens is 2. The molecule has 1 aromatic carbocycles. The summed E-state index contributed by atoms with van der Waals surface area (Å²) < 4.78 is 28.6. The number of hydrogen-bond donors (Lipinski definition) is 2. The largest absolute Gasteiger partial charge is 0.479 e. The summed E-state index contributed by atoms with van der Waals surface area (Å²) in [6, 6.07) is 3.22. The minimum Gasteiger partial charge on any atom is -0.479 e. The number of aliphatic carboxylic acids is 1. The van der Waals surface area contributed by atoms with Crippen molar-refractivity contribution in [2.75, 3.05) is 5.32 Å². The van der Waals surface area contributed by atoms with E-state index in [9.17, 15) is 23.5 Å². The number of amides is 1. The van der Waals surface area contributed by atoms with Crippen molar-refractivity contribution in [2.45, 2.75) is 44.1 Å². The molecule has 0 radical (unpaired) electrons. The van der Waals surface area contributed by atoms with Gasteiger partial charge < -0.3 is 10.4 Å². The summed E-state index contributed by atoms with van der Waals surface area (Å²) in [6.07, 6.45) is 4.43. The van der Waals surface area contributed by atoms with Crippen molar-refractivity contribution in [3.63, 3.8) is 0 Å². The molecule has 8 heteroatoms. The first-order valence-corrected chi connectivity index (χ1v) is 8.22. The molecule has 0 bridgehead atoms. The van der Waals surface area contributed by atoms with Gasteiger partial charge in [-0.25, -0.2) is 13.6 Å². The predicted octanol–water partition coefficient (Wildman–Crippen LogP) is 3.04. The van der Waals surface area contributed by atoms with Crippen LogP contribution in [0.1, 0.15) is 38.7 Å². The standard InChI is InChI=1S/C18H19F2N3O3/c1-17(2,16(25)26)23-10-12(9-21-23)22-15(24)18(6-3-7-18)13-5-4-11(19)8-14(13)20/h4-5,8-10H,3,6-7H2,1-2H3,(H,22,24)(H,25,26). The maximum absolute atomic E-state index is 14.2. The Morgan fingerprint density at radius 1 is 1.31 bits per heavy atom. The van der Waals surface area contributed by atoms with Crippen molar-refractivity contribution in [3.05, 3.63) is 47.8 Å². The number of carbonyl (C=O) groups is 2. The van der Waals surface area contributed by atoms with Crippen LogP contribution in [0.2, 0.25) is 0 Å². The third-order valence-electron chi connectivity index (χ3n) is 5.03. The molecule has 1 aliphatic carbocycles. The number of rotatable bonds is 5. The van der Waals surface area contributed by atoms with Gasteiger partial charge in [0.1, 0.15) is 11.6 Å². The maximum atomic E-state index is 14.2. The number of nitrogens with zero attached hydrogens (tertiary/aromatic N) is 2. The lowest BCUT2D eigenvalue weighted by molar-refractivity contribution is -0.146. The lowest BCUT2D eigenvalue weighted by atomic mass is 9.63. The molecule has 1 heterocycles. The maximum Gasteiger partial charge on any atom is 0.331 e. The molecular formula is C18H19F2N3O3. The second-order valence-corrected chi connectivity index (χ2v) is 7.05. The molecule has 1 aromatic heterocycles. The van der Waals surface area contributed by atoms with E-state index < -0.39 is 34.5 Å². The van der Waals surface area contributed by atoms with Crippen LogP contribution in [0.5, 0.6) is 0 Å². The Morgan fingerprint density at radius 3 is 2.54 bits per heavy atom. The van der Waals surface area contributed by atoms with Gasteiger partial charge in [-0.15, -0.1) is 0 Å². The Kier molecular flexibility index (Phi) is 4.29. The summed E-state index contributed by atoms with van der Waals surface area (Å²) in [7, 11) is 0. The Bertz CT molecular complexity index is 872. The van der Waals surface area contributed by atoms with E-state index in [1.165, 1.54) is 37.0 Å². The van der Waals surface area contributed by atoms with Crippen molar-refractivity contribution >= 4 is 17.6 Å². The minimum absolute atomic E-state index is 0.168. The van der Waals surface area contributed by atoms with Crippen molar-refractivity contribution in [3.8, 4) is 0 Å². The van der Waals surface area contributed by atoms with Crippen LogP contribution in [0.3, 0.4) is 0 Å². The van der Waals surface area contributed by atoms with E-state index in [2.05, 4.69) is 10.4 Å². The second kappa shape index (κ2) is 6.19. The topological polar surface area (TPSA) is 84.2 Å². The molecule has 1 aliphatic rings. The van der Waals surface area contributed by atoms with Crippen LogP contribution >= 0.6 is 0 Å². The smallest absolute Gasteiger partial charge is 0.331 e. The highest BCUT2D eigenvalue weighted by atomic mass is 19.1. The molecule has 1 amide bonds. The molecule has 1 saturated carbocycles. The molecule has 0 saturated heterocycles. The molecule has 1 fully saturated rings. The van der Waals surface area contributed by atoms with E-state index in [1.54, 1.807) is 0 Å². The predicted molar refractivity (Wildman–Crippen MR) is 89.7 cm³/mol. The van der Waals surface area contributed by atoms with E-state index in [0.29, 0.717) is 18.5 Å². The van der Waals surface area contributed by atoms with Crippen molar-refractivity contribution in [1.82, 2.24) is 9.78 Å². The first-order chi connectivity index (χ1) is 12.2. The molecular weight excluding hydrogens is 344 g/mol. The number of carboxylic acid groups (broad SMARTS) is 1. The van der Waals surface area contributed by atoms with Crippen molar-refractivity contribution in [1.29, 1.82) is 0 Å². The number of halogens is 2. The summed E-state index contributed by atoms with van der Waals surface area (Å²) in [4.78, 5) is 24.1. The van der Waals surface area contributed by atoms with Crippen LogP contribution in [0, 0.1) is 11.6 Å². The number of hydrogen-bond acceptors (Lipinski definition) is 3. The third-order valence-corrected chi connectivity index (χ3v) is 5.03. The first-order valence-electron chi connectivity index (χ1n) is 8.22. The average molecular weight is 363 g/mol. The fourth-order valence-corrected chi connectivity index (χ4v) is 3.07. The summed E-state index contributed by atoms with van der Waals surface area (Å²) in [5.41, 5.74) is -1.85. The van der Waals surface area contributed by atoms with Gasteiger partial charge in [0, 0.05) is 17.8 Å². The Balaban J connectivity index is 1.85. The normalized spacial score (nSPS) is 16.0. The Labute approximate surface area is 148 Å². The van der Waals surface area contributed by atoms with E-state index in [4.69, 9.17) is 0 Å². The van der Waals surface area contributed by atoms with Gasteiger partial charge in [0.2, 0.25) is 5.91 Å². The molecule has 2 N–H and O–H groups in total. The van der Waals surface area contributed by atoms with E-state index >= 15 is 0 Å². The van der Waals surface area contributed by atoms with E-state index in [1.807, 2.05) is 0 Å². The van der Waals surface area contributed by atoms with Gasteiger partial charge in [-0.05, 0) is 32.8 Å². The molecule has 0 unspecified atom stereocenters. The van der Waals surface area contributed by atoms with Crippen LogP contribution in [-0.4, -0.2) is 26.8 Å². The molecule has 3 rings (SSSR count). The van der Waals surface area contributed by atoms with Gasteiger partial charge in [-0.1, -0.05) is 12.5 Å². The van der Waals surface area contributed by atoms with Crippen LogP contribution in [0.4, 0.5) is 14.5 Å². The van der Waals surface area contributed by atoms with Gasteiger partial charge in [0.15, 0.2) is 5.54 Å². The molecule has 0 atom stereocenters. The van der Waals surface area contributed by atoms with Gasteiger partial charge in [-0.3, -0.25) is 9.48 Å². The molecule has 0 spiro atoms. The quantitative estimate of drug-likeness (QED) is 0.855. The van der Waals surface area contributed by atoms with Crippen molar-refractivity contribution < 1.29 is 23.5 Å². The second-order valence-electron chi connectivity index (χ2n) is 7.05. The summed E-state index contributed by atoms with van der Waals surface area (Å²) >= 11 is 0. The van der Waals surface area contributed by atoms with Gasteiger partial charge in [0.25, 0.3) is 0 Å². The lowest BCUT2D eigenvalue weighted by Crippen LogP contribution is -2.46.